The van der Waals surface area contributed by atoms with Gasteiger partial charge in [0.25, 0.3) is 6.47 Å². The molecule has 35 heavy (non-hydrogen) atoms. The summed E-state index contributed by atoms with van der Waals surface area (Å²) in [7, 11) is -4.55. The first-order valence-electron chi connectivity index (χ1n) is 10.6. The number of aryl methyl sites for hydroxylation is 3. The first-order chi connectivity index (χ1) is 15.9. The van der Waals surface area contributed by atoms with Gasteiger partial charge in [-0.15, -0.1) is 0 Å². The monoisotopic (exact) mass is 519 g/mol. The van der Waals surface area contributed by atoms with Crippen LogP contribution in [-0.2, 0) is 24.4 Å². The van der Waals surface area contributed by atoms with E-state index in [1.54, 1.807) is 13.8 Å². The van der Waals surface area contributed by atoms with E-state index in [0.29, 0.717) is 23.3 Å². The Hall–Kier alpha value is -2.66. The maximum absolute atomic E-state index is 12.9. The number of carbonyl (C=O) groups is 1. The summed E-state index contributed by atoms with van der Waals surface area (Å²) in [6.07, 6.45) is -0.575. The molecule has 0 aliphatic rings. The second-order valence-electron chi connectivity index (χ2n) is 8.90. The zero-order chi connectivity index (χ0) is 27.4. The fraction of sp³-hybridized carbons (Fsp3) is 0.500. The number of carbonyl (C=O) groups excluding carboxylic acids is 1. The summed E-state index contributed by atoms with van der Waals surface area (Å²) in [4.78, 5) is 13.0. The molecular formula is C24H32F3NO6S. The van der Waals surface area contributed by atoms with E-state index in [1.807, 2.05) is 52.8 Å². The quantitative estimate of drug-likeness (QED) is 0.268. The van der Waals surface area contributed by atoms with Crippen molar-refractivity contribution in [2.45, 2.75) is 72.6 Å². The molecule has 0 amide bonds. The Morgan fingerprint density at radius 2 is 1.57 bits per heavy atom. The molecular weight excluding hydrogens is 487 g/mol. The minimum Gasteiger partial charge on any atom is -0.471 e. The van der Waals surface area contributed by atoms with Gasteiger partial charge < -0.3 is 13.7 Å². The summed E-state index contributed by atoms with van der Waals surface area (Å²) in [5, 5.41) is 0. The molecule has 1 aromatic heterocycles. The van der Waals surface area contributed by atoms with Crippen LogP contribution < -0.4 is 4.18 Å². The molecule has 1 atom stereocenters. The van der Waals surface area contributed by atoms with Gasteiger partial charge in [0.2, 0.25) is 5.88 Å². The Bertz CT molecular complexity index is 1160. The van der Waals surface area contributed by atoms with Crippen LogP contribution in [0.25, 0.3) is 11.1 Å². The van der Waals surface area contributed by atoms with Gasteiger partial charge in [-0.1, -0.05) is 18.2 Å². The van der Waals surface area contributed by atoms with Crippen LogP contribution in [0.2, 0.25) is 0 Å². The molecule has 0 spiro atoms. The third-order valence-electron chi connectivity index (χ3n) is 4.93. The van der Waals surface area contributed by atoms with Crippen molar-refractivity contribution in [2.24, 2.45) is 0 Å². The molecule has 7 nitrogen and oxygen atoms in total. The van der Waals surface area contributed by atoms with Crippen LogP contribution in [-0.4, -0.2) is 38.1 Å². The van der Waals surface area contributed by atoms with Crippen molar-refractivity contribution in [2.75, 3.05) is 7.11 Å². The minimum absolute atomic E-state index is 0.170. The van der Waals surface area contributed by atoms with Gasteiger partial charge in [0.1, 0.15) is 0 Å². The van der Waals surface area contributed by atoms with E-state index in [1.165, 1.54) is 14.0 Å². The standard InChI is InChI=1S/C22H28F3NO4S.C2H4O2/c1-12-9-10-17(11-13(12)2)19-15(4)26-20(30-31(27,28)22(23,24)25)14(3)18(19)16(5)29-21(6,7)8;1-4-2-3/h9-11,16H,1-8H3;2H,1H3. The van der Waals surface area contributed by atoms with E-state index in [0.717, 1.165) is 16.7 Å². The number of aromatic nitrogens is 1. The van der Waals surface area contributed by atoms with Gasteiger partial charge in [-0.25, -0.2) is 4.98 Å². The molecule has 0 saturated heterocycles. The molecule has 196 valence electrons. The lowest BCUT2D eigenvalue weighted by Crippen LogP contribution is -2.29. The number of halogens is 3. The third kappa shape index (κ3) is 7.93. The van der Waals surface area contributed by atoms with Crippen molar-refractivity contribution < 1.29 is 40.0 Å². The fourth-order valence-electron chi connectivity index (χ4n) is 3.38. The number of nitrogens with zero attached hydrogens (tertiary/aromatic N) is 1. The summed E-state index contributed by atoms with van der Waals surface area (Å²) in [6.45, 7) is 14.7. The predicted molar refractivity (Wildman–Crippen MR) is 127 cm³/mol. The Kier molecular flexibility index (Phi) is 9.88. The highest BCUT2D eigenvalue weighted by molar-refractivity contribution is 7.87. The van der Waals surface area contributed by atoms with Gasteiger partial charge in [-0.05, 0) is 77.6 Å². The van der Waals surface area contributed by atoms with Gasteiger partial charge in [0.05, 0.1) is 18.8 Å². The van der Waals surface area contributed by atoms with Crippen molar-refractivity contribution in [3.8, 4) is 17.0 Å². The minimum atomic E-state index is -5.86. The Labute approximate surface area is 204 Å². The fourth-order valence-corrected chi connectivity index (χ4v) is 3.85. The van der Waals surface area contributed by atoms with E-state index in [4.69, 9.17) is 9.53 Å². The third-order valence-corrected chi connectivity index (χ3v) is 5.87. The van der Waals surface area contributed by atoms with Crippen molar-refractivity contribution in [3.05, 3.63) is 46.1 Å². The molecule has 1 aromatic carbocycles. The first kappa shape index (κ1) is 30.4. The van der Waals surface area contributed by atoms with E-state index >= 15 is 0 Å². The number of methoxy groups -OCH3 is 1. The van der Waals surface area contributed by atoms with E-state index in [-0.39, 0.29) is 5.56 Å². The lowest BCUT2D eigenvalue weighted by Gasteiger charge is -2.29. The number of benzene rings is 1. The number of rotatable bonds is 6. The van der Waals surface area contributed by atoms with E-state index in [9.17, 15) is 21.6 Å². The van der Waals surface area contributed by atoms with Crippen molar-refractivity contribution in [1.29, 1.82) is 0 Å². The summed E-state index contributed by atoms with van der Waals surface area (Å²) in [5.41, 5.74) is -1.48. The van der Waals surface area contributed by atoms with Gasteiger partial charge in [-0.3, -0.25) is 4.79 Å². The smallest absolute Gasteiger partial charge is 0.471 e. The summed E-state index contributed by atoms with van der Waals surface area (Å²) >= 11 is 0. The van der Waals surface area contributed by atoms with Crippen LogP contribution in [0.3, 0.4) is 0 Å². The Morgan fingerprint density at radius 3 is 2.00 bits per heavy atom. The summed E-state index contributed by atoms with van der Waals surface area (Å²) in [6, 6.07) is 5.79. The molecule has 0 aliphatic carbocycles. The number of hydrogen-bond acceptors (Lipinski definition) is 7. The van der Waals surface area contributed by atoms with Crippen LogP contribution in [0, 0.1) is 27.7 Å². The van der Waals surface area contributed by atoms with Gasteiger partial charge in [-0.2, -0.15) is 21.6 Å². The van der Waals surface area contributed by atoms with Crippen LogP contribution in [0.1, 0.15) is 61.7 Å². The van der Waals surface area contributed by atoms with Crippen LogP contribution in [0.5, 0.6) is 5.88 Å². The van der Waals surface area contributed by atoms with Gasteiger partial charge in [0.15, 0.2) is 0 Å². The molecule has 0 N–H and O–H groups in total. The molecule has 2 aromatic rings. The zero-order valence-electron chi connectivity index (χ0n) is 21.3. The Morgan fingerprint density at radius 1 is 1.03 bits per heavy atom. The predicted octanol–water partition coefficient (Wildman–Crippen LogP) is 5.88. The number of ether oxygens (including phenoxy) is 2. The molecule has 11 heteroatoms. The largest absolute Gasteiger partial charge is 0.534 e. The maximum atomic E-state index is 12.9. The van der Waals surface area contributed by atoms with Crippen molar-refractivity contribution in [3.63, 3.8) is 0 Å². The average Bonchev–Trinajstić information content (AvgIpc) is 2.70. The van der Waals surface area contributed by atoms with Crippen molar-refractivity contribution in [1.82, 2.24) is 4.98 Å². The average molecular weight is 520 g/mol. The molecule has 0 aliphatic heterocycles. The topological polar surface area (TPSA) is 91.8 Å². The SMILES string of the molecule is COC=O.Cc1ccc(-c2c(C)nc(OS(=O)(=O)C(F)(F)F)c(C)c2C(C)OC(C)(C)C)cc1C. The highest BCUT2D eigenvalue weighted by Gasteiger charge is 2.49. The van der Waals surface area contributed by atoms with E-state index < -0.39 is 33.2 Å². The number of pyridine rings is 1. The second-order valence-corrected chi connectivity index (χ2v) is 10.4. The highest BCUT2D eigenvalue weighted by Crippen LogP contribution is 2.41. The second kappa shape index (κ2) is 11.4. The first-order valence-corrected chi connectivity index (χ1v) is 12.0. The zero-order valence-corrected chi connectivity index (χ0v) is 22.1. The number of alkyl halides is 3. The lowest BCUT2D eigenvalue weighted by molar-refractivity contribution is -0.126. The molecule has 1 unspecified atom stereocenters. The van der Waals surface area contributed by atoms with Crippen LogP contribution in [0.15, 0.2) is 18.2 Å². The summed E-state index contributed by atoms with van der Waals surface area (Å²) in [5.74, 6) is -0.609. The Balaban J connectivity index is 0.00000142. The maximum Gasteiger partial charge on any atom is 0.534 e. The van der Waals surface area contributed by atoms with Crippen LogP contribution in [0.4, 0.5) is 13.2 Å². The molecule has 0 bridgehead atoms. The molecule has 0 fully saturated rings. The van der Waals surface area contributed by atoms with Crippen molar-refractivity contribution >= 4 is 16.6 Å². The van der Waals surface area contributed by atoms with Gasteiger partial charge in [0, 0.05) is 16.8 Å². The number of hydrogen-bond donors (Lipinski definition) is 0. The lowest BCUT2D eigenvalue weighted by atomic mass is 9.90. The van der Waals surface area contributed by atoms with E-state index in [2.05, 4.69) is 13.9 Å². The highest BCUT2D eigenvalue weighted by atomic mass is 32.2. The molecule has 0 saturated carbocycles. The van der Waals surface area contributed by atoms with Gasteiger partial charge >= 0.3 is 15.6 Å². The summed E-state index contributed by atoms with van der Waals surface area (Å²) < 4.78 is 76.3. The van der Waals surface area contributed by atoms with Crippen LogP contribution >= 0.6 is 0 Å². The molecule has 0 radical (unpaired) electrons. The molecule has 1 heterocycles. The normalized spacial score (nSPS) is 12.9. The molecule has 2 rings (SSSR count).